The average Bonchev–Trinajstić information content (AvgIpc) is 2.56. The Kier molecular flexibility index (Phi) is 5.26. The first-order valence-corrected chi connectivity index (χ1v) is 9.28. The minimum absolute atomic E-state index is 0.0302. The van der Waals surface area contributed by atoms with Crippen LogP contribution in [-0.2, 0) is 17.6 Å². The number of nitrogens with one attached hydrogen (secondary N) is 1. The fourth-order valence-corrected chi connectivity index (χ4v) is 4.19. The molecule has 1 N–H and O–H groups in total. The number of anilines is 1. The molecule has 24 heavy (non-hydrogen) atoms. The first-order valence-electron chi connectivity index (χ1n) is 8.90. The van der Waals surface area contributed by atoms with Crippen molar-refractivity contribution in [1.82, 2.24) is 5.32 Å². The highest BCUT2D eigenvalue weighted by molar-refractivity contribution is 6.34. The summed E-state index contributed by atoms with van der Waals surface area (Å²) in [4.78, 5) is 26.7. The van der Waals surface area contributed by atoms with Gasteiger partial charge < -0.3 is 10.2 Å². The molecule has 0 spiro atoms. The highest BCUT2D eigenvalue weighted by Crippen LogP contribution is 2.41. The lowest BCUT2D eigenvalue weighted by Gasteiger charge is -2.33. The Morgan fingerprint density at radius 2 is 2.08 bits per heavy atom. The van der Waals surface area contributed by atoms with Crippen LogP contribution in [0.4, 0.5) is 5.69 Å². The smallest absolute Gasteiger partial charge is 0.227 e. The molecular weight excluding hydrogens is 324 g/mol. The Hall–Kier alpha value is -1.39. The van der Waals surface area contributed by atoms with Crippen LogP contribution in [0.25, 0.3) is 0 Å². The number of halogens is 1. The van der Waals surface area contributed by atoms with E-state index in [2.05, 4.69) is 12.2 Å². The molecule has 0 fully saturated rings. The standard InChI is InChI=1S/C19H25ClN2O2/c1-3-4-9-21-11-13-6-5-12-10-15(20)18-14(17(12)19(13)24)7-8-16(23)22(18)2/h10,13,21H,3-9,11H2,1-2H3. The molecule has 5 heteroatoms. The van der Waals surface area contributed by atoms with Gasteiger partial charge in [-0.3, -0.25) is 9.59 Å². The van der Waals surface area contributed by atoms with Crippen LogP contribution in [0, 0.1) is 5.92 Å². The number of carbonyl (C=O) groups excluding carboxylic acids is 2. The van der Waals surface area contributed by atoms with Gasteiger partial charge in [-0.1, -0.05) is 24.9 Å². The number of unbranched alkanes of at least 4 members (excludes halogenated alkanes) is 1. The minimum atomic E-state index is 0.0302. The van der Waals surface area contributed by atoms with Crippen LogP contribution in [0.3, 0.4) is 0 Å². The van der Waals surface area contributed by atoms with Crippen LogP contribution in [0.2, 0.25) is 5.02 Å². The summed E-state index contributed by atoms with van der Waals surface area (Å²) in [6.45, 7) is 3.87. The van der Waals surface area contributed by atoms with E-state index in [1.807, 2.05) is 6.07 Å². The zero-order chi connectivity index (χ0) is 17.3. The van der Waals surface area contributed by atoms with Gasteiger partial charge in [0.25, 0.3) is 0 Å². The van der Waals surface area contributed by atoms with E-state index in [0.29, 0.717) is 17.9 Å². The van der Waals surface area contributed by atoms with Gasteiger partial charge in [0, 0.05) is 31.5 Å². The molecule has 1 unspecified atom stereocenters. The summed E-state index contributed by atoms with van der Waals surface area (Å²) in [7, 11) is 1.75. The Bertz CT molecular complexity index is 672. The van der Waals surface area contributed by atoms with Crippen molar-refractivity contribution in [2.24, 2.45) is 5.92 Å². The Balaban J connectivity index is 1.90. The molecule has 0 saturated heterocycles. The molecule has 130 valence electrons. The summed E-state index contributed by atoms with van der Waals surface area (Å²) >= 11 is 6.42. The van der Waals surface area contributed by atoms with E-state index in [-0.39, 0.29) is 17.6 Å². The Morgan fingerprint density at radius 3 is 2.83 bits per heavy atom. The van der Waals surface area contributed by atoms with Gasteiger partial charge in [-0.15, -0.1) is 0 Å². The highest BCUT2D eigenvalue weighted by Gasteiger charge is 2.34. The van der Waals surface area contributed by atoms with Gasteiger partial charge in [-0.25, -0.2) is 0 Å². The third-order valence-electron chi connectivity index (χ3n) is 5.21. The number of Topliss-reactive ketones (excluding diaryl/α,β-unsaturated/α-hetero) is 1. The predicted molar refractivity (Wildman–Crippen MR) is 97.1 cm³/mol. The largest absolute Gasteiger partial charge is 0.316 e. The van der Waals surface area contributed by atoms with E-state index in [1.165, 1.54) is 0 Å². The van der Waals surface area contributed by atoms with E-state index in [1.54, 1.807) is 11.9 Å². The van der Waals surface area contributed by atoms with Crippen LogP contribution < -0.4 is 10.2 Å². The van der Waals surface area contributed by atoms with Gasteiger partial charge in [-0.05, 0) is 49.4 Å². The number of carbonyl (C=O) groups is 2. The highest BCUT2D eigenvalue weighted by atomic mass is 35.5. The van der Waals surface area contributed by atoms with Crippen LogP contribution in [0.5, 0.6) is 0 Å². The van der Waals surface area contributed by atoms with Gasteiger partial charge in [-0.2, -0.15) is 0 Å². The summed E-state index contributed by atoms with van der Waals surface area (Å²) in [5, 5.41) is 4.00. The van der Waals surface area contributed by atoms with E-state index >= 15 is 0 Å². The third kappa shape index (κ3) is 3.09. The molecule has 1 amide bonds. The molecule has 1 atom stereocenters. The van der Waals surface area contributed by atoms with Crippen LogP contribution in [0.1, 0.15) is 54.1 Å². The summed E-state index contributed by atoms with van der Waals surface area (Å²) in [6, 6.07) is 1.89. The zero-order valence-electron chi connectivity index (χ0n) is 14.5. The Morgan fingerprint density at radius 1 is 1.29 bits per heavy atom. The molecule has 1 aromatic rings. The van der Waals surface area contributed by atoms with Crippen LogP contribution in [0.15, 0.2) is 6.07 Å². The second-order valence-corrected chi connectivity index (χ2v) is 7.24. The van der Waals surface area contributed by atoms with Crippen molar-refractivity contribution in [1.29, 1.82) is 0 Å². The van der Waals surface area contributed by atoms with Crippen molar-refractivity contribution in [3.63, 3.8) is 0 Å². The first-order chi connectivity index (χ1) is 11.5. The molecule has 1 aliphatic carbocycles. The number of rotatable bonds is 5. The maximum atomic E-state index is 13.1. The number of amides is 1. The topological polar surface area (TPSA) is 49.4 Å². The molecular formula is C19H25ClN2O2. The van der Waals surface area contributed by atoms with Crippen LogP contribution in [-0.4, -0.2) is 31.8 Å². The minimum Gasteiger partial charge on any atom is -0.316 e. The van der Waals surface area contributed by atoms with Gasteiger partial charge in [0.2, 0.25) is 5.91 Å². The molecule has 1 aliphatic heterocycles. The van der Waals surface area contributed by atoms with Crippen molar-refractivity contribution in [2.75, 3.05) is 25.0 Å². The van der Waals surface area contributed by atoms with Crippen molar-refractivity contribution in [3.05, 3.63) is 27.8 Å². The number of nitrogens with zero attached hydrogens (tertiary/aromatic N) is 1. The third-order valence-corrected chi connectivity index (χ3v) is 5.50. The van der Waals surface area contributed by atoms with Crippen molar-refractivity contribution >= 4 is 29.0 Å². The van der Waals surface area contributed by atoms with E-state index in [0.717, 1.165) is 61.2 Å². The number of hydrogen-bond acceptors (Lipinski definition) is 3. The van der Waals surface area contributed by atoms with Gasteiger partial charge in [0.05, 0.1) is 10.7 Å². The number of aryl methyl sites for hydroxylation is 1. The van der Waals surface area contributed by atoms with Gasteiger partial charge >= 0.3 is 0 Å². The van der Waals surface area contributed by atoms with E-state index in [9.17, 15) is 9.59 Å². The molecule has 3 rings (SSSR count). The van der Waals surface area contributed by atoms with Crippen molar-refractivity contribution in [3.8, 4) is 0 Å². The lowest BCUT2D eigenvalue weighted by atomic mass is 9.78. The zero-order valence-corrected chi connectivity index (χ0v) is 15.2. The molecule has 1 aromatic carbocycles. The van der Waals surface area contributed by atoms with Crippen molar-refractivity contribution in [2.45, 2.75) is 45.4 Å². The monoisotopic (exact) mass is 348 g/mol. The Labute approximate surface area is 148 Å². The summed E-state index contributed by atoms with van der Waals surface area (Å²) in [5.41, 5.74) is 3.60. The maximum absolute atomic E-state index is 13.1. The van der Waals surface area contributed by atoms with Crippen molar-refractivity contribution < 1.29 is 9.59 Å². The maximum Gasteiger partial charge on any atom is 0.227 e. The molecule has 0 bridgehead atoms. The molecule has 0 saturated carbocycles. The quantitative estimate of drug-likeness (QED) is 0.830. The summed E-state index contributed by atoms with van der Waals surface area (Å²) in [5.74, 6) is 0.309. The summed E-state index contributed by atoms with van der Waals surface area (Å²) < 4.78 is 0. The number of benzene rings is 1. The molecule has 2 aliphatic rings. The molecule has 0 aromatic heterocycles. The number of ketones is 1. The second-order valence-electron chi connectivity index (χ2n) is 6.83. The van der Waals surface area contributed by atoms with E-state index in [4.69, 9.17) is 11.6 Å². The normalized spacial score (nSPS) is 20.1. The summed E-state index contributed by atoms with van der Waals surface area (Å²) in [6.07, 6.45) is 5.10. The first kappa shape index (κ1) is 17.4. The molecule has 4 nitrogen and oxygen atoms in total. The molecule has 1 heterocycles. The fraction of sp³-hybridized carbons (Fsp3) is 0.579. The SMILES string of the molecule is CCCCNCC1CCc2cc(Cl)c3c(c2C1=O)CCC(=O)N3C. The van der Waals surface area contributed by atoms with E-state index < -0.39 is 0 Å². The van der Waals surface area contributed by atoms with Crippen LogP contribution >= 0.6 is 11.6 Å². The number of fused-ring (bicyclic) bond motifs is 3. The molecule has 0 radical (unpaired) electrons. The lowest BCUT2D eigenvalue weighted by Crippen LogP contribution is -2.36. The van der Waals surface area contributed by atoms with Gasteiger partial charge in [0.1, 0.15) is 0 Å². The fourth-order valence-electron chi connectivity index (χ4n) is 3.82. The van der Waals surface area contributed by atoms with Gasteiger partial charge in [0.15, 0.2) is 5.78 Å². The second kappa shape index (κ2) is 7.24. The average molecular weight is 349 g/mol. The lowest BCUT2D eigenvalue weighted by molar-refractivity contribution is -0.118. The predicted octanol–water partition coefficient (Wildman–Crippen LogP) is 3.38. The number of hydrogen-bond donors (Lipinski definition) is 1.